The van der Waals surface area contributed by atoms with E-state index in [4.69, 9.17) is 14.0 Å². The van der Waals surface area contributed by atoms with Gasteiger partial charge in [0.1, 0.15) is 18.0 Å². The van der Waals surface area contributed by atoms with Gasteiger partial charge in [0.15, 0.2) is 0 Å². The van der Waals surface area contributed by atoms with Gasteiger partial charge in [0.05, 0.1) is 19.8 Å². The Morgan fingerprint density at radius 3 is 2.50 bits per heavy atom. The molecule has 2 aromatic carbocycles. The van der Waals surface area contributed by atoms with Gasteiger partial charge in [-0.1, -0.05) is 17.3 Å². The Bertz CT molecular complexity index is 890. The van der Waals surface area contributed by atoms with E-state index in [9.17, 15) is 4.79 Å². The summed E-state index contributed by atoms with van der Waals surface area (Å²) in [6, 6.07) is 14.4. The third kappa shape index (κ3) is 3.66. The van der Waals surface area contributed by atoms with Gasteiger partial charge in [-0.15, -0.1) is 0 Å². The van der Waals surface area contributed by atoms with E-state index >= 15 is 0 Å². The molecule has 0 saturated heterocycles. The number of hydrogen-bond donors (Lipinski definition) is 0. The molecule has 134 valence electrons. The van der Waals surface area contributed by atoms with Crippen LogP contribution < -0.4 is 9.47 Å². The third-order valence-corrected chi connectivity index (χ3v) is 3.87. The molecule has 3 aromatic rings. The van der Waals surface area contributed by atoms with Gasteiger partial charge in [0.2, 0.25) is 11.7 Å². The summed E-state index contributed by atoms with van der Waals surface area (Å²) in [4.78, 5) is 18.5. The molecule has 7 nitrogen and oxygen atoms in total. The molecular weight excluding hydrogens is 334 g/mol. The minimum atomic E-state index is -0.188. The van der Waals surface area contributed by atoms with Crippen molar-refractivity contribution in [1.82, 2.24) is 15.0 Å². The molecule has 0 aliphatic carbocycles. The number of rotatable bonds is 6. The fourth-order valence-corrected chi connectivity index (χ4v) is 2.48. The van der Waals surface area contributed by atoms with Gasteiger partial charge in [-0.25, -0.2) is 0 Å². The van der Waals surface area contributed by atoms with E-state index in [2.05, 4.69) is 10.1 Å². The van der Waals surface area contributed by atoms with E-state index in [0.717, 1.165) is 11.3 Å². The van der Waals surface area contributed by atoms with Crippen LogP contribution in [0.2, 0.25) is 0 Å². The van der Waals surface area contributed by atoms with Crippen molar-refractivity contribution in [2.24, 2.45) is 0 Å². The largest absolute Gasteiger partial charge is 0.497 e. The summed E-state index contributed by atoms with van der Waals surface area (Å²) >= 11 is 0. The highest BCUT2D eigenvalue weighted by atomic mass is 16.5. The lowest BCUT2D eigenvalue weighted by molar-refractivity contribution is 0.0766. The van der Waals surface area contributed by atoms with Crippen LogP contribution in [0.15, 0.2) is 53.1 Å². The van der Waals surface area contributed by atoms with Crippen LogP contribution in [-0.2, 0) is 6.54 Å². The normalized spacial score (nSPS) is 10.4. The molecule has 1 heterocycles. The van der Waals surface area contributed by atoms with Crippen LogP contribution in [0, 0.1) is 0 Å². The maximum Gasteiger partial charge on any atom is 0.257 e. The van der Waals surface area contributed by atoms with Crippen LogP contribution in [0.25, 0.3) is 11.4 Å². The van der Waals surface area contributed by atoms with Crippen molar-refractivity contribution in [1.29, 1.82) is 0 Å². The maximum atomic E-state index is 12.6. The monoisotopic (exact) mass is 353 g/mol. The summed E-state index contributed by atoms with van der Waals surface area (Å²) in [5, 5.41) is 3.97. The molecule has 0 N–H and O–H groups in total. The van der Waals surface area contributed by atoms with E-state index in [0.29, 0.717) is 23.0 Å². The number of amides is 1. The van der Waals surface area contributed by atoms with Gasteiger partial charge >= 0.3 is 0 Å². The quantitative estimate of drug-likeness (QED) is 0.678. The van der Waals surface area contributed by atoms with Crippen molar-refractivity contribution < 1.29 is 18.8 Å². The molecule has 0 aliphatic heterocycles. The molecule has 0 unspecified atom stereocenters. The summed E-state index contributed by atoms with van der Waals surface area (Å²) in [5.74, 6) is 1.89. The summed E-state index contributed by atoms with van der Waals surface area (Å²) in [6.45, 7) is 0.194. The molecule has 7 heteroatoms. The van der Waals surface area contributed by atoms with Crippen LogP contribution in [0.1, 0.15) is 16.2 Å². The predicted octanol–water partition coefficient (Wildman–Crippen LogP) is 3.03. The predicted molar refractivity (Wildman–Crippen MR) is 95.1 cm³/mol. The van der Waals surface area contributed by atoms with E-state index in [1.165, 1.54) is 12.0 Å². The lowest BCUT2D eigenvalue weighted by atomic mass is 10.2. The first-order valence-corrected chi connectivity index (χ1v) is 7.98. The lowest BCUT2D eigenvalue weighted by Gasteiger charge is -2.16. The van der Waals surface area contributed by atoms with Gasteiger partial charge in [-0.2, -0.15) is 4.98 Å². The van der Waals surface area contributed by atoms with Crippen molar-refractivity contribution in [2.75, 3.05) is 21.3 Å². The van der Waals surface area contributed by atoms with Crippen LogP contribution in [0.5, 0.6) is 11.5 Å². The number of hydrogen-bond acceptors (Lipinski definition) is 6. The Balaban J connectivity index is 1.72. The number of benzene rings is 2. The number of aromatic nitrogens is 2. The highest BCUT2D eigenvalue weighted by Gasteiger charge is 2.19. The molecule has 0 saturated carbocycles. The highest BCUT2D eigenvalue weighted by Crippen LogP contribution is 2.21. The SMILES string of the molecule is COc1ccc(-c2noc(CN(C)C(=O)c3ccccc3OC)n2)cc1. The Morgan fingerprint density at radius 1 is 1.08 bits per heavy atom. The molecule has 3 rings (SSSR count). The number of carbonyl (C=O) groups is 1. The van der Waals surface area contributed by atoms with Crippen LogP contribution in [-0.4, -0.2) is 42.2 Å². The number of para-hydroxylation sites is 1. The van der Waals surface area contributed by atoms with Crippen LogP contribution in [0.3, 0.4) is 0 Å². The van der Waals surface area contributed by atoms with Crippen molar-refractivity contribution >= 4 is 5.91 Å². The molecule has 0 atom stereocenters. The molecule has 0 fully saturated rings. The van der Waals surface area contributed by atoms with Crippen LogP contribution >= 0.6 is 0 Å². The zero-order chi connectivity index (χ0) is 18.5. The van der Waals surface area contributed by atoms with E-state index in [1.54, 1.807) is 32.4 Å². The van der Waals surface area contributed by atoms with Crippen molar-refractivity contribution in [3.05, 3.63) is 60.0 Å². The first-order valence-electron chi connectivity index (χ1n) is 7.98. The molecule has 0 bridgehead atoms. The molecule has 0 radical (unpaired) electrons. The topological polar surface area (TPSA) is 77.7 Å². The summed E-state index contributed by atoms with van der Waals surface area (Å²) < 4.78 is 15.6. The van der Waals surface area contributed by atoms with Crippen LogP contribution in [0.4, 0.5) is 0 Å². The number of ether oxygens (including phenoxy) is 2. The molecule has 1 aromatic heterocycles. The second-order valence-electron chi connectivity index (χ2n) is 5.60. The van der Waals surface area contributed by atoms with Crippen molar-refractivity contribution in [3.63, 3.8) is 0 Å². The standard InChI is InChI=1S/C19H19N3O4/c1-22(19(23)15-6-4-5-7-16(15)25-3)12-17-20-18(21-26-17)13-8-10-14(24-2)11-9-13/h4-11H,12H2,1-3H3. The second kappa shape index (κ2) is 7.69. The minimum Gasteiger partial charge on any atom is -0.497 e. The second-order valence-corrected chi connectivity index (χ2v) is 5.60. The van der Waals surface area contributed by atoms with E-state index in [-0.39, 0.29) is 12.5 Å². The van der Waals surface area contributed by atoms with Gasteiger partial charge in [-0.3, -0.25) is 4.79 Å². The summed E-state index contributed by atoms with van der Waals surface area (Å²) in [7, 11) is 4.81. The molecule has 1 amide bonds. The Morgan fingerprint density at radius 2 is 1.81 bits per heavy atom. The zero-order valence-corrected chi connectivity index (χ0v) is 14.8. The van der Waals surface area contributed by atoms with Crippen molar-refractivity contribution in [2.45, 2.75) is 6.54 Å². The number of carbonyl (C=O) groups excluding carboxylic acids is 1. The first-order chi connectivity index (χ1) is 12.6. The van der Waals surface area contributed by atoms with Crippen molar-refractivity contribution in [3.8, 4) is 22.9 Å². The Hall–Kier alpha value is -3.35. The van der Waals surface area contributed by atoms with E-state index < -0.39 is 0 Å². The fraction of sp³-hybridized carbons (Fsp3) is 0.211. The summed E-state index contributed by atoms with van der Waals surface area (Å²) in [5.41, 5.74) is 1.28. The summed E-state index contributed by atoms with van der Waals surface area (Å²) in [6.07, 6.45) is 0. The smallest absolute Gasteiger partial charge is 0.257 e. The minimum absolute atomic E-state index is 0.188. The number of methoxy groups -OCH3 is 2. The van der Waals surface area contributed by atoms with Gasteiger partial charge in [-0.05, 0) is 36.4 Å². The molecular formula is C19H19N3O4. The molecule has 26 heavy (non-hydrogen) atoms. The molecule has 0 spiro atoms. The van der Waals surface area contributed by atoms with Gasteiger partial charge < -0.3 is 18.9 Å². The van der Waals surface area contributed by atoms with Gasteiger partial charge in [0.25, 0.3) is 5.91 Å². The average molecular weight is 353 g/mol. The zero-order valence-electron chi connectivity index (χ0n) is 14.8. The van der Waals surface area contributed by atoms with Gasteiger partial charge in [0, 0.05) is 12.6 Å². The first kappa shape index (κ1) is 17.5. The fourth-order valence-electron chi connectivity index (χ4n) is 2.48. The van der Waals surface area contributed by atoms with E-state index in [1.807, 2.05) is 30.3 Å². The Kier molecular flexibility index (Phi) is 5.17. The molecule has 0 aliphatic rings. The maximum absolute atomic E-state index is 12.6. The lowest BCUT2D eigenvalue weighted by Crippen LogP contribution is -2.26. The number of nitrogens with zero attached hydrogens (tertiary/aromatic N) is 3. The average Bonchev–Trinajstić information content (AvgIpc) is 3.15. The third-order valence-electron chi connectivity index (χ3n) is 3.87. The highest BCUT2D eigenvalue weighted by molar-refractivity contribution is 5.96. The Labute approximate surface area is 151 Å².